The molecule has 0 spiro atoms. The van der Waals surface area contributed by atoms with E-state index in [1.807, 2.05) is 32.0 Å². The number of aryl methyl sites for hydroxylation is 2. The number of fused-ring (bicyclic) bond motifs is 1. The van der Waals surface area contributed by atoms with Gasteiger partial charge in [0.2, 0.25) is 5.91 Å². The minimum atomic E-state index is -4.46. The summed E-state index contributed by atoms with van der Waals surface area (Å²) in [6.07, 6.45) is -1.95. The zero-order chi connectivity index (χ0) is 20.3. The van der Waals surface area contributed by atoms with Gasteiger partial charge in [-0.1, -0.05) is 43.8 Å². The Balaban J connectivity index is 1.75. The lowest BCUT2D eigenvalue weighted by atomic mass is 10.0. The van der Waals surface area contributed by atoms with Gasteiger partial charge in [0, 0.05) is 11.9 Å². The minimum Gasteiger partial charge on any atom is -0.325 e. The second-order valence-corrected chi connectivity index (χ2v) is 7.06. The fraction of sp³-hybridized carbons (Fsp3) is 0.316. The summed E-state index contributed by atoms with van der Waals surface area (Å²) in [6, 6.07) is 8.10. The second kappa shape index (κ2) is 8.22. The number of hydrogen-bond donors (Lipinski definition) is 1. The smallest absolute Gasteiger partial charge is 0.325 e. The number of anilines is 1. The highest BCUT2D eigenvalue weighted by Crippen LogP contribution is 2.30. The first-order chi connectivity index (χ1) is 13.3. The molecule has 3 rings (SSSR count). The average molecular weight is 408 g/mol. The van der Waals surface area contributed by atoms with E-state index in [9.17, 15) is 18.0 Å². The van der Waals surface area contributed by atoms with Crippen molar-refractivity contribution >= 4 is 29.0 Å². The van der Waals surface area contributed by atoms with E-state index in [0.717, 1.165) is 53.7 Å². The molecule has 0 saturated heterocycles. The van der Waals surface area contributed by atoms with Gasteiger partial charge in [-0.15, -0.1) is 10.2 Å². The molecule has 0 unspecified atom stereocenters. The highest BCUT2D eigenvalue weighted by atomic mass is 32.2. The molecule has 0 radical (unpaired) electrons. The van der Waals surface area contributed by atoms with Gasteiger partial charge in [-0.25, -0.2) is 0 Å². The number of pyridine rings is 1. The van der Waals surface area contributed by atoms with E-state index in [0.29, 0.717) is 5.65 Å². The largest absolute Gasteiger partial charge is 0.417 e. The molecular formula is C19H19F3N4OS. The van der Waals surface area contributed by atoms with Gasteiger partial charge in [0.15, 0.2) is 10.8 Å². The lowest BCUT2D eigenvalue weighted by Gasteiger charge is -2.14. The Labute approximate surface area is 164 Å². The van der Waals surface area contributed by atoms with Crippen molar-refractivity contribution in [3.8, 4) is 0 Å². The van der Waals surface area contributed by atoms with Gasteiger partial charge < -0.3 is 5.32 Å². The van der Waals surface area contributed by atoms with E-state index in [1.54, 1.807) is 0 Å². The minimum absolute atomic E-state index is 0.0121. The van der Waals surface area contributed by atoms with Crippen LogP contribution in [0.5, 0.6) is 0 Å². The number of amides is 1. The molecule has 1 aromatic carbocycles. The van der Waals surface area contributed by atoms with Crippen LogP contribution in [0.15, 0.2) is 41.7 Å². The Morgan fingerprint density at radius 2 is 1.79 bits per heavy atom. The SMILES string of the molecule is CCc1cccc(CC)c1NC(=O)CSc1nnc2ccc(C(F)(F)F)cn12. The van der Waals surface area contributed by atoms with E-state index >= 15 is 0 Å². The molecule has 1 amide bonds. The number of carbonyl (C=O) groups excluding carboxylic acids is 1. The van der Waals surface area contributed by atoms with Crippen molar-refractivity contribution < 1.29 is 18.0 Å². The fourth-order valence-corrected chi connectivity index (χ4v) is 3.56. The average Bonchev–Trinajstić information content (AvgIpc) is 3.08. The highest BCUT2D eigenvalue weighted by molar-refractivity contribution is 7.99. The van der Waals surface area contributed by atoms with E-state index in [1.165, 1.54) is 10.5 Å². The van der Waals surface area contributed by atoms with Gasteiger partial charge >= 0.3 is 6.18 Å². The Kier molecular flexibility index (Phi) is 5.93. The van der Waals surface area contributed by atoms with E-state index in [2.05, 4.69) is 15.5 Å². The molecule has 0 aliphatic heterocycles. The van der Waals surface area contributed by atoms with Gasteiger partial charge in [0.05, 0.1) is 11.3 Å². The first-order valence-electron chi connectivity index (χ1n) is 8.78. The summed E-state index contributed by atoms with van der Waals surface area (Å²) in [5, 5.41) is 10.9. The van der Waals surface area contributed by atoms with Crippen molar-refractivity contribution in [1.82, 2.24) is 14.6 Å². The van der Waals surface area contributed by atoms with Crippen LogP contribution in [-0.4, -0.2) is 26.3 Å². The van der Waals surface area contributed by atoms with Crippen LogP contribution in [-0.2, 0) is 23.8 Å². The number of halogens is 3. The molecule has 2 heterocycles. The summed E-state index contributed by atoms with van der Waals surface area (Å²) in [5.74, 6) is -0.234. The number of hydrogen-bond acceptors (Lipinski definition) is 4. The molecule has 1 N–H and O–H groups in total. The molecule has 28 heavy (non-hydrogen) atoms. The summed E-state index contributed by atoms with van der Waals surface area (Å²) in [5.41, 5.74) is 2.39. The molecule has 2 aromatic heterocycles. The molecule has 5 nitrogen and oxygen atoms in total. The van der Waals surface area contributed by atoms with Gasteiger partial charge in [0.25, 0.3) is 0 Å². The van der Waals surface area contributed by atoms with Gasteiger partial charge in [-0.2, -0.15) is 13.2 Å². The summed E-state index contributed by atoms with van der Waals surface area (Å²) in [4.78, 5) is 12.4. The quantitative estimate of drug-likeness (QED) is 0.606. The number of rotatable bonds is 6. The number of benzene rings is 1. The number of nitrogens with one attached hydrogen (secondary N) is 1. The molecule has 148 valence electrons. The van der Waals surface area contributed by atoms with Crippen LogP contribution in [0.1, 0.15) is 30.5 Å². The Morgan fingerprint density at radius 3 is 2.39 bits per heavy atom. The predicted octanol–water partition coefficient (Wildman–Crippen LogP) is 4.60. The maximum absolute atomic E-state index is 12.9. The van der Waals surface area contributed by atoms with Crippen molar-refractivity contribution in [3.63, 3.8) is 0 Å². The number of aromatic nitrogens is 3. The highest BCUT2D eigenvalue weighted by Gasteiger charge is 2.31. The number of nitrogens with zero attached hydrogens (tertiary/aromatic N) is 3. The van der Waals surface area contributed by atoms with Crippen molar-refractivity contribution in [2.24, 2.45) is 0 Å². The Bertz CT molecular complexity index is 978. The molecule has 9 heteroatoms. The molecule has 0 atom stereocenters. The monoisotopic (exact) mass is 408 g/mol. The standard InChI is InChI=1S/C19H19F3N4OS/c1-3-12-6-5-7-13(4-2)17(12)23-16(27)11-28-18-25-24-15-9-8-14(10-26(15)18)19(20,21)22/h5-10H,3-4,11H2,1-2H3,(H,23,27). The number of thioether (sulfide) groups is 1. The zero-order valence-corrected chi connectivity index (χ0v) is 16.2. The molecule has 0 aliphatic rings. The molecule has 0 saturated carbocycles. The summed E-state index contributed by atoms with van der Waals surface area (Å²) in [6.45, 7) is 4.03. The van der Waals surface area contributed by atoms with Crippen LogP contribution in [0.3, 0.4) is 0 Å². The summed E-state index contributed by atoms with van der Waals surface area (Å²) < 4.78 is 40.0. The lowest BCUT2D eigenvalue weighted by Crippen LogP contribution is -2.17. The Hall–Kier alpha value is -2.55. The maximum Gasteiger partial charge on any atom is 0.417 e. The van der Waals surface area contributed by atoms with Crippen molar-refractivity contribution in [2.75, 3.05) is 11.1 Å². The second-order valence-electron chi connectivity index (χ2n) is 6.12. The van der Waals surface area contributed by atoms with Crippen LogP contribution in [0, 0.1) is 0 Å². The normalized spacial score (nSPS) is 11.8. The zero-order valence-electron chi connectivity index (χ0n) is 15.4. The van der Waals surface area contributed by atoms with Gasteiger partial charge in [-0.05, 0) is 36.1 Å². The maximum atomic E-state index is 12.9. The summed E-state index contributed by atoms with van der Waals surface area (Å²) in [7, 11) is 0. The Morgan fingerprint density at radius 1 is 1.11 bits per heavy atom. The number of carbonyl (C=O) groups is 1. The van der Waals surface area contributed by atoms with Crippen LogP contribution < -0.4 is 5.32 Å². The first-order valence-corrected chi connectivity index (χ1v) is 9.77. The van der Waals surface area contributed by atoms with Crippen molar-refractivity contribution in [2.45, 2.75) is 38.0 Å². The first kappa shape index (κ1) is 20.2. The van der Waals surface area contributed by atoms with Gasteiger partial charge in [-0.3, -0.25) is 9.20 Å². The third-order valence-corrected chi connectivity index (χ3v) is 5.24. The lowest BCUT2D eigenvalue weighted by molar-refractivity contribution is -0.137. The fourth-order valence-electron chi connectivity index (χ4n) is 2.84. The van der Waals surface area contributed by atoms with E-state index in [4.69, 9.17) is 0 Å². The molecule has 0 bridgehead atoms. The van der Waals surface area contributed by atoms with Crippen molar-refractivity contribution in [1.29, 1.82) is 0 Å². The van der Waals surface area contributed by atoms with Crippen LogP contribution in [0.4, 0.5) is 18.9 Å². The van der Waals surface area contributed by atoms with E-state index in [-0.39, 0.29) is 16.8 Å². The van der Waals surface area contributed by atoms with Gasteiger partial charge in [0.1, 0.15) is 0 Å². The third kappa shape index (κ3) is 4.30. The third-order valence-electron chi connectivity index (χ3n) is 4.29. The molecule has 0 aliphatic carbocycles. The number of para-hydroxylation sites is 1. The van der Waals surface area contributed by atoms with E-state index < -0.39 is 11.7 Å². The van der Waals surface area contributed by atoms with Crippen LogP contribution in [0.2, 0.25) is 0 Å². The molecular weight excluding hydrogens is 389 g/mol. The summed E-state index contributed by atoms with van der Waals surface area (Å²) >= 11 is 1.04. The number of alkyl halides is 3. The van der Waals surface area contributed by atoms with Crippen LogP contribution in [0.25, 0.3) is 5.65 Å². The predicted molar refractivity (Wildman–Crippen MR) is 103 cm³/mol. The molecule has 0 fully saturated rings. The van der Waals surface area contributed by atoms with Crippen LogP contribution >= 0.6 is 11.8 Å². The molecule has 3 aromatic rings. The topological polar surface area (TPSA) is 59.3 Å². The van der Waals surface area contributed by atoms with Crippen molar-refractivity contribution in [3.05, 3.63) is 53.2 Å².